The van der Waals surface area contributed by atoms with Crippen LogP contribution in [0.15, 0.2) is 64.1 Å². The highest BCUT2D eigenvalue weighted by atomic mass is 35.5. The Bertz CT molecular complexity index is 1110. The van der Waals surface area contributed by atoms with Crippen LogP contribution in [0.5, 0.6) is 0 Å². The van der Waals surface area contributed by atoms with E-state index in [1.54, 1.807) is 24.3 Å². The number of halogens is 1. The lowest BCUT2D eigenvalue weighted by Crippen LogP contribution is -2.23. The summed E-state index contributed by atoms with van der Waals surface area (Å²) in [4.78, 5) is 12.2. The molecule has 0 atom stereocenters. The first-order valence-corrected chi connectivity index (χ1v) is 10.3. The Labute approximate surface area is 168 Å². The zero-order chi connectivity index (χ0) is 20.3. The van der Waals surface area contributed by atoms with Crippen LogP contribution in [0.25, 0.3) is 0 Å². The van der Waals surface area contributed by atoms with Gasteiger partial charge in [-0.25, -0.2) is 8.42 Å². The van der Waals surface area contributed by atoms with E-state index in [9.17, 15) is 13.2 Å². The number of benzene rings is 2. The molecule has 1 aromatic heterocycles. The minimum atomic E-state index is -3.97. The lowest BCUT2D eigenvalue weighted by Gasteiger charge is -2.12. The molecule has 6 nitrogen and oxygen atoms in total. The van der Waals surface area contributed by atoms with E-state index >= 15 is 0 Å². The van der Waals surface area contributed by atoms with Crippen LogP contribution >= 0.6 is 11.6 Å². The Kier molecular flexibility index (Phi) is 5.76. The first-order chi connectivity index (χ1) is 13.3. The van der Waals surface area contributed by atoms with E-state index in [4.69, 9.17) is 16.0 Å². The van der Waals surface area contributed by atoms with E-state index in [1.165, 1.54) is 24.5 Å². The molecule has 2 N–H and O–H groups in total. The minimum Gasteiger partial charge on any atom is -0.467 e. The number of rotatable bonds is 6. The molecule has 1 amide bonds. The number of hydrogen-bond acceptors (Lipinski definition) is 4. The number of anilines is 1. The van der Waals surface area contributed by atoms with Crippen LogP contribution in [0, 0.1) is 13.8 Å². The maximum atomic E-state index is 12.8. The third-order valence-electron chi connectivity index (χ3n) is 4.25. The minimum absolute atomic E-state index is 0.0268. The summed E-state index contributed by atoms with van der Waals surface area (Å²) in [6.45, 7) is 4.02. The summed E-state index contributed by atoms with van der Waals surface area (Å²) in [6, 6.07) is 12.8. The summed E-state index contributed by atoms with van der Waals surface area (Å²) in [5.74, 6) is 0.155. The summed E-state index contributed by atoms with van der Waals surface area (Å²) in [6.07, 6.45) is 1.51. The van der Waals surface area contributed by atoms with Crippen molar-refractivity contribution in [1.29, 1.82) is 0 Å². The Morgan fingerprint density at radius 2 is 1.86 bits per heavy atom. The Morgan fingerprint density at radius 3 is 2.54 bits per heavy atom. The van der Waals surface area contributed by atoms with Crippen molar-refractivity contribution in [2.75, 3.05) is 4.72 Å². The fraction of sp³-hybridized carbons (Fsp3) is 0.150. The molecule has 146 valence electrons. The van der Waals surface area contributed by atoms with Gasteiger partial charge in [-0.05, 0) is 67.4 Å². The first kappa shape index (κ1) is 20.0. The maximum absolute atomic E-state index is 12.8. The van der Waals surface area contributed by atoms with E-state index in [1.807, 2.05) is 19.9 Å². The van der Waals surface area contributed by atoms with Gasteiger partial charge in [0.2, 0.25) is 0 Å². The number of aryl methyl sites for hydroxylation is 2. The zero-order valence-electron chi connectivity index (χ0n) is 15.3. The van der Waals surface area contributed by atoms with Gasteiger partial charge in [0.25, 0.3) is 15.9 Å². The molecule has 0 aliphatic carbocycles. The lowest BCUT2D eigenvalue weighted by molar-refractivity contribution is 0.0948. The number of amides is 1. The van der Waals surface area contributed by atoms with Crippen LogP contribution < -0.4 is 10.0 Å². The second-order valence-corrected chi connectivity index (χ2v) is 8.37. The predicted molar refractivity (Wildman–Crippen MR) is 108 cm³/mol. The number of sulfonamides is 1. The van der Waals surface area contributed by atoms with Crippen LogP contribution in [0.3, 0.4) is 0 Å². The molecule has 28 heavy (non-hydrogen) atoms. The van der Waals surface area contributed by atoms with Gasteiger partial charge in [-0.3, -0.25) is 9.52 Å². The van der Waals surface area contributed by atoms with Crippen LogP contribution in [0.4, 0.5) is 5.69 Å². The standard InChI is InChI=1S/C20H19ClN2O4S/c1-13-5-7-16(10-14(13)2)23-28(25,26)19-11-15(6-8-18(19)21)20(24)22-12-17-4-3-9-27-17/h3-11,23H,12H2,1-2H3,(H,22,24). The van der Waals surface area contributed by atoms with E-state index in [-0.39, 0.29) is 22.0 Å². The monoisotopic (exact) mass is 418 g/mol. The average molecular weight is 419 g/mol. The third-order valence-corrected chi connectivity index (χ3v) is 6.11. The smallest absolute Gasteiger partial charge is 0.263 e. The van der Waals surface area contributed by atoms with Gasteiger partial charge in [0.1, 0.15) is 10.7 Å². The molecule has 0 bridgehead atoms. The van der Waals surface area contributed by atoms with Crippen molar-refractivity contribution in [2.45, 2.75) is 25.3 Å². The van der Waals surface area contributed by atoms with Crippen molar-refractivity contribution in [3.8, 4) is 0 Å². The molecule has 1 heterocycles. The highest BCUT2D eigenvalue weighted by Gasteiger charge is 2.20. The molecule has 0 saturated heterocycles. The molecule has 0 saturated carbocycles. The van der Waals surface area contributed by atoms with E-state index < -0.39 is 15.9 Å². The van der Waals surface area contributed by atoms with Crippen molar-refractivity contribution in [3.63, 3.8) is 0 Å². The van der Waals surface area contributed by atoms with Gasteiger partial charge in [0.15, 0.2) is 0 Å². The Balaban J connectivity index is 1.83. The van der Waals surface area contributed by atoms with Gasteiger partial charge in [-0.2, -0.15) is 0 Å². The van der Waals surface area contributed by atoms with Gasteiger partial charge >= 0.3 is 0 Å². The van der Waals surface area contributed by atoms with Gasteiger partial charge < -0.3 is 9.73 Å². The summed E-state index contributed by atoms with van der Waals surface area (Å²) in [5, 5.41) is 2.70. The topological polar surface area (TPSA) is 88.4 Å². The fourth-order valence-corrected chi connectivity index (χ4v) is 4.12. The molecule has 0 unspecified atom stereocenters. The van der Waals surface area contributed by atoms with Crippen molar-refractivity contribution in [2.24, 2.45) is 0 Å². The molecule has 0 radical (unpaired) electrons. The number of carbonyl (C=O) groups is 1. The molecule has 0 fully saturated rings. The quantitative estimate of drug-likeness (QED) is 0.625. The van der Waals surface area contributed by atoms with Crippen molar-refractivity contribution in [1.82, 2.24) is 5.32 Å². The Morgan fingerprint density at radius 1 is 1.07 bits per heavy atom. The molecule has 2 aromatic carbocycles. The third kappa shape index (κ3) is 4.55. The second kappa shape index (κ2) is 8.08. The van der Waals surface area contributed by atoms with Gasteiger partial charge in [-0.1, -0.05) is 17.7 Å². The molecule has 8 heteroatoms. The van der Waals surface area contributed by atoms with Crippen molar-refractivity contribution < 1.29 is 17.6 Å². The summed E-state index contributed by atoms with van der Waals surface area (Å²) < 4.78 is 33.3. The molecule has 0 aliphatic rings. The molecular formula is C20H19ClN2O4S. The van der Waals surface area contributed by atoms with Gasteiger partial charge in [-0.15, -0.1) is 0 Å². The van der Waals surface area contributed by atoms with E-state index in [0.717, 1.165) is 11.1 Å². The normalized spacial score (nSPS) is 11.2. The summed E-state index contributed by atoms with van der Waals surface area (Å²) in [5.41, 5.74) is 2.61. The number of hydrogen-bond donors (Lipinski definition) is 2. The van der Waals surface area contributed by atoms with Crippen LogP contribution in [0.1, 0.15) is 27.2 Å². The maximum Gasteiger partial charge on any atom is 0.263 e. The number of nitrogens with one attached hydrogen (secondary N) is 2. The highest BCUT2D eigenvalue weighted by molar-refractivity contribution is 7.92. The van der Waals surface area contributed by atoms with Gasteiger partial charge in [0.05, 0.1) is 17.8 Å². The number of furan rings is 1. The molecule has 0 spiro atoms. The summed E-state index contributed by atoms with van der Waals surface area (Å²) in [7, 11) is -3.97. The van der Waals surface area contributed by atoms with Crippen LogP contribution in [-0.2, 0) is 16.6 Å². The fourth-order valence-electron chi connectivity index (χ4n) is 2.55. The highest BCUT2D eigenvalue weighted by Crippen LogP contribution is 2.26. The van der Waals surface area contributed by atoms with Crippen LogP contribution in [-0.4, -0.2) is 14.3 Å². The van der Waals surface area contributed by atoms with Crippen molar-refractivity contribution in [3.05, 3.63) is 82.3 Å². The van der Waals surface area contributed by atoms with E-state index in [2.05, 4.69) is 10.0 Å². The lowest BCUT2D eigenvalue weighted by atomic mass is 10.1. The largest absolute Gasteiger partial charge is 0.467 e. The zero-order valence-corrected chi connectivity index (χ0v) is 16.9. The second-order valence-electron chi connectivity index (χ2n) is 6.31. The predicted octanol–water partition coefficient (Wildman–Crippen LogP) is 4.28. The van der Waals surface area contributed by atoms with Gasteiger partial charge in [0, 0.05) is 11.3 Å². The molecule has 3 aromatic rings. The summed E-state index contributed by atoms with van der Waals surface area (Å²) >= 11 is 6.10. The van der Waals surface area contributed by atoms with Crippen molar-refractivity contribution >= 4 is 33.2 Å². The molecule has 3 rings (SSSR count). The SMILES string of the molecule is Cc1ccc(NS(=O)(=O)c2cc(C(=O)NCc3ccco3)ccc2Cl)cc1C. The Hall–Kier alpha value is -2.77. The van der Waals surface area contributed by atoms with E-state index in [0.29, 0.717) is 11.4 Å². The average Bonchev–Trinajstić information content (AvgIpc) is 3.16. The molecule has 0 aliphatic heterocycles. The van der Waals surface area contributed by atoms with Crippen LogP contribution in [0.2, 0.25) is 5.02 Å². The molecular weight excluding hydrogens is 400 g/mol. The number of carbonyl (C=O) groups excluding carboxylic acids is 1. The first-order valence-electron chi connectivity index (χ1n) is 8.46.